The first-order valence-corrected chi connectivity index (χ1v) is 8.02. The molecule has 1 heterocycles. The van der Waals surface area contributed by atoms with Crippen molar-refractivity contribution >= 4 is 0 Å². The fraction of sp³-hybridized carbons (Fsp3) is 0.765. The molecule has 21 heavy (non-hydrogen) atoms. The zero-order valence-corrected chi connectivity index (χ0v) is 14.5. The van der Waals surface area contributed by atoms with Crippen LogP contribution in [0.2, 0.25) is 0 Å². The zero-order chi connectivity index (χ0) is 15.9. The van der Waals surface area contributed by atoms with Crippen LogP contribution >= 0.6 is 0 Å². The van der Waals surface area contributed by atoms with E-state index in [-0.39, 0.29) is 5.41 Å². The molecule has 0 saturated carbocycles. The van der Waals surface area contributed by atoms with Gasteiger partial charge in [-0.1, -0.05) is 34.6 Å². The highest BCUT2D eigenvalue weighted by Crippen LogP contribution is 2.22. The number of hydrogen-bond donors (Lipinski definition) is 1. The molecule has 1 rings (SSSR count). The lowest BCUT2D eigenvalue weighted by molar-refractivity contribution is 0.199. The van der Waals surface area contributed by atoms with Gasteiger partial charge in [-0.25, -0.2) is 9.97 Å². The fourth-order valence-corrected chi connectivity index (χ4v) is 2.30. The predicted octanol–water partition coefficient (Wildman–Crippen LogP) is 2.68. The summed E-state index contributed by atoms with van der Waals surface area (Å²) in [6, 6.07) is 0. The Morgan fingerprint density at radius 1 is 1.00 bits per heavy atom. The van der Waals surface area contributed by atoms with Crippen molar-refractivity contribution in [2.45, 2.75) is 59.3 Å². The summed E-state index contributed by atoms with van der Waals surface area (Å²) < 4.78 is 5.05. The maximum atomic E-state index is 5.05. The quantitative estimate of drug-likeness (QED) is 0.749. The molecule has 0 spiro atoms. The third kappa shape index (κ3) is 5.36. The van der Waals surface area contributed by atoms with E-state index in [1.54, 1.807) is 7.11 Å². The van der Waals surface area contributed by atoms with Gasteiger partial charge >= 0.3 is 0 Å². The Balaban J connectivity index is 2.91. The van der Waals surface area contributed by atoms with Crippen molar-refractivity contribution in [3.8, 4) is 0 Å². The predicted molar refractivity (Wildman–Crippen MR) is 87.9 cm³/mol. The molecule has 0 fully saturated rings. The minimum atomic E-state index is 0.00306. The first-order valence-electron chi connectivity index (χ1n) is 8.02. The Labute approximate surface area is 129 Å². The number of ether oxygens (including phenoxy) is 1. The second-order valence-corrected chi connectivity index (χ2v) is 6.37. The van der Waals surface area contributed by atoms with Crippen molar-refractivity contribution in [2.24, 2.45) is 0 Å². The van der Waals surface area contributed by atoms with E-state index in [1.807, 2.05) is 0 Å². The molecular formula is C17H31N3O. The van der Waals surface area contributed by atoms with Crippen LogP contribution in [-0.2, 0) is 29.4 Å². The molecule has 0 aliphatic rings. The monoisotopic (exact) mass is 293 g/mol. The average molecular weight is 293 g/mol. The van der Waals surface area contributed by atoms with Crippen LogP contribution in [0.5, 0.6) is 0 Å². The van der Waals surface area contributed by atoms with E-state index in [0.29, 0.717) is 0 Å². The van der Waals surface area contributed by atoms with E-state index < -0.39 is 0 Å². The lowest BCUT2D eigenvalue weighted by atomic mass is 9.94. The van der Waals surface area contributed by atoms with Gasteiger partial charge in [-0.3, -0.25) is 0 Å². The van der Waals surface area contributed by atoms with Crippen molar-refractivity contribution in [2.75, 3.05) is 26.8 Å². The summed E-state index contributed by atoms with van der Waals surface area (Å²) in [7, 11) is 1.73. The number of nitrogens with one attached hydrogen (secondary N) is 1. The van der Waals surface area contributed by atoms with Gasteiger partial charge in [-0.15, -0.1) is 0 Å². The maximum absolute atomic E-state index is 5.05. The molecule has 1 aromatic rings. The second-order valence-electron chi connectivity index (χ2n) is 6.37. The zero-order valence-electron chi connectivity index (χ0n) is 14.5. The molecule has 0 unspecified atom stereocenters. The number of nitrogens with zero attached hydrogens (tertiary/aromatic N) is 2. The molecule has 0 aliphatic carbocycles. The van der Waals surface area contributed by atoms with Gasteiger partial charge in [0.15, 0.2) is 0 Å². The second kappa shape index (κ2) is 8.44. The number of aromatic nitrogens is 2. The number of methoxy groups -OCH3 is 1. The maximum Gasteiger partial charge on any atom is 0.134 e. The Bertz CT molecular complexity index is 413. The molecule has 0 saturated heterocycles. The Morgan fingerprint density at radius 2 is 1.57 bits per heavy atom. The molecule has 4 nitrogen and oxygen atoms in total. The molecule has 0 atom stereocenters. The van der Waals surface area contributed by atoms with Crippen molar-refractivity contribution < 1.29 is 4.74 Å². The summed E-state index contributed by atoms with van der Waals surface area (Å²) in [6.07, 6.45) is 2.92. The van der Waals surface area contributed by atoms with Crippen molar-refractivity contribution in [1.29, 1.82) is 0 Å². The van der Waals surface area contributed by atoms with Crippen LogP contribution in [0, 0.1) is 0 Å². The van der Waals surface area contributed by atoms with E-state index in [1.165, 1.54) is 17.0 Å². The largest absolute Gasteiger partial charge is 0.383 e. The molecule has 120 valence electrons. The first kappa shape index (κ1) is 18.1. The molecule has 0 aliphatic heterocycles. The summed E-state index contributed by atoms with van der Waals surface area (Å²) in [5, 5.41) is 3.40. The Kier molecular flexibility index (Phi) is 7.26. The molecule has 0 radical (unpaired) electrons. The number of aryl methyl sites for hydroxylation is 2. The smallest absolute Gasteiger partial charge is 0.134 e. The fourth-order valence-electron chi connectivity index (χ4n) is 2.30. The van der Waals surface area contributed by atoms with Crippen molar-refractivity contribution in [3.63, 3.8) is 0 Å². The van der Waals surface area contributed by atoms with Crippen molar-refractivity contribution in [1.82, 2.24) is 15.3 Å². The van der Waals surface area contributed by atoms with Gasteiger partial charge in [0.1, 0.15) is 5.82 Å². The highest BCUT2D eigenvalue weighted by Gasteiger charge is 2.21. The normalized spacial score (nSPS) is 11.9. The molecule has 4 heteroatoms. The van der Waals surface area contributed by atoms with Gasteiger partial charge in [0, 0.05) is 30.5 Å². The third-order valence-electron chi connectivity index (χ3n) is 3.55. The van der Waals surface area contributed by atoms with Gasteiger partial charge in [-0.05, 0) is 31.4 Å². The summed E-state index contributed by atoms with van der Waals surface area (Å²) >= 11 is 0. The van der Waals surface area contributed by atoms with Crippen LogP contribution in [0.15, 0.2) is 0 Å². The minimum Gasteiger partial charge on any atom is -0.383 e. The van der Waals surface area contributed by atoms with Crippen LogP contribution < -0.4 is 5.32 Å². The summed E-state index contributed by atoms with van der Waals surface area (Å²) in [5.41, 5.74) is 3.75. The molecular weight excluding hydrogens is 262 g/mol. The van der Waals surface area contributed by atoms with Gasteiger partial charge < -0.3 is 10.1 Å². The molecule has 0 amide bonds. The summed E-state index contributed by atoms with van der Waals surface area (Å²) in [4.78, 5) is 9.65. The number of rotatable bonds is 8. The van der Waals surface area contributed by atoms with Gasteiger partial charge in [0.2, 0.25) is 0 Å². The minimum absolute atomic E-state index is 0.00306. The standard InChI is InChI=1S/C17H31N3O/c1-7-14-13(9-10-18-11-12-21-6)15(8-2)20-16(19-14)17(3,4)5/h18H,7-12H2,1-6H3. The van der Waals surface area contributed by atoms with Gasteiger partial charge in [-0.2, -0.15) is 0 Å². The highest BCUT2D eigenvalue weighted by atomic mass is 16.5. The summed E-state index contributed by atoms with van der Waals surface area (Å²) in [6.45, 7) is 13.5. The van der Waals surface area contributed by atoms with Gasteiger partial charge in [0.05, 0.1) is 6.61 Å². The van der Waals surface area contributed by atoms with E-state index in [9.17, 15) is 0 Å². The van der Waals surface area contributed by atoms with E-state index >= 15 is 0 Å². The van der Waals surface area contributed by atoms with Crippen LogP contribution in [0.25, 0.3) is 0 Å². The van der Waals surface area contributed by atoms with E-state index in [0.717, 1.165) is 44.8 Å². The Hall–Kier alpha value is -1.00. The highest BCUT2D eigenvalue weighted by molar-refractivity contribution is 5.28. The number of hydrogen-bond acceptors (Lipinski definition) is 4. The SMILES string of the molecule is CCc1nc(C(C)(C)C)nc(CC)c1CCNCCOC. The molecule has 0 bridgehead atoms. The molecule has 0 aromatic carbocycles. The van der Waals surface area contributed by atoms with Crippen LogP contribution in [0.4, 0.5) is 0 Å². The van der Waals surface area contributed by atoms with Crippen LogP contribution in [0.3, 0.4) is 0 Å². The molecule has 1 aromatic heterocycles. The first-order chi connectivity index (χ1) is 9.93. The average Bonchev–Trinajstić information content (AvgIpc) is 2.45. The van der Waals surface area contributed by atoms with E-state index in [4.69, 9.17) is 14.7 Å². The third-order valence-corrected chi connectivity index (χ3v) is 3.55. The van der Waals surface area contributed by atoms with E-state index in [2.05, 4.69) is 39.9 Å². The van der Waals surface area contributed by atoms with Crippen molar-refractivity contribution in [3.05, 3.63) is 22.8 Å². The van der Waals surface area contributed by atoms with Crippen LogP contribution in [0.1, 0.15) is 57.4 Å². The summed E-state index contributed by atoms with van der Waals surface area (Å²) in [5.74, 6) is 0.965. The lowest BCUT2D eigenvalue weighted by Gasteiger charge is -2.21. The Morgan fingerprint density at radius 3 is 2.00 bits per heavy atom. The topological polar surface area (TPSA) is 47.0 Å². The lowest BCUT2D eigenvalue weighted by Crippen LogP contribution is -2.24. The van der Waals surface area contributed by atoms with Crippen LogP contribution in [-0.4, -0.2) is 36.8 Å². The molecule has 1 N–H and O–H groups in total. The van der Waals surface area contributed by atoms with Gasteiger partial charge in [0.25, 0.3) is 0 Å².